The summed E-state index contributed by atoms with van der Waals surface area (Å²) in [4.78, 5) is 3.57. The highest BCUT2D eigenvalue weighted by Gasteiger charge is 2.16. The van der Waals surface area contributed by atoms with Crippen LogP contribution < -0.4 is 0 Å². The number of para-hydroxylation sites is 1. The van der Waals surface area contributed by atoms with Crippen LogP contribution in [-0.4, -0.2) is 15.1 Å². The van der Waals surface area contributed by atoms with Crippen LogP contribution in [0.1, 0.15) is 5.56 Å². The number of aliphatic imine (C=N–C) groups is 1. The maximum absolute atomic E-state index is 11.1. The second-order valence-corrected chi connectivity index (χ2v) is 5.03. The molecule has 14 heavy (non-hydrogen) atoms. The van der Waals surface area contributed by atoms with E-state index in [4.69, 9.17) is 10.7 Å². The Morgan fingerprint density at radius 3 is 2.50 bits per heavy atom. The maximum Gasteiger partial charge on any atom is 0.263 e. The van der Waals surface area contributed by atoms with Crippen molar-refractivity contribution >= 4 is 38.2 Å². The minimum absolute atomic E-state index is 0.0495. The van der Waals surface area contributed by atoms with Gasteiger partial charge in [-0.25, -0.2) is 8.42 Å². The van der Waals surface area contributed by atoms with Gasteiger partial charge in [-0.3, -0.25) is 4.99 Å². The third-order valence-corrected chi connectivity index (χ3v) is 3.02. The molecule has 0 saturated heterocycles. The van der Waals surface area contributed by atoms with Crippen LogP contribution in [0.2, 0.25) is 0 Å². The summed E-state index contributed by atoms with van der Waals surface area (Å²) >= 11 is 0. The van der Waals surface area contributed by atoms with Gasteiger partial charge in [-0.1, -0.05) is 24.8 Å². The fraction of sp³-hybridized carbons (Fsp3) is 0. The molecule has 0 bridgehead atoms. The van der Waals surface area contributed by atoms with Gasteiger partial charge in [0.2, 0.25) is 0 Å². The first-order chi connectivity index (χ1) is 6.50. The van der Waals surface area contributed by atoms with E-state index in [-0.39, 0.29) is 10.6 Å². The van der Waals surface area contributed by atoms with Crippen LogP contribution in [0.25, 0.3) is 6.08 Å². The molecule has 0 heterocycles. The molecule has 0 aliphatic rings. The largest absolute Gasteiger partial charge is 0.263 e. The Labute approximate surface area is 87.2 Å². The van der Waals surface area contributed by atoms with E-state index in [0.29, 0.717) is 5.56 Å². The molecule has 0 amide bonds. The van der Waals surface area contributed by atoms with Gasteiger partial charge in [0, 0.05) is 16.2 Å². The van der Waals surface area contributed by atoms with Gasteiger partial charge >= 0.3 is 0 Å². The lowest BCUT2D eigenvalue weighted by Gasteiger charge is -2.04. The smallest absolute Gasteiger partial charge is 0.263 e. The summed E-state index contributed by atoms with van der Waals surface area (Å²) in [7, 11) is 1.43. The lowest BCUT2D eigenvalue weighted by atomic mass is 10.2. The molecule has 0 saturated carbocycles. The van der Waals surface area contributed by atoms with Gasteiger partial charge < -0.3 is 0 Å². The van der Waals surface area contributed by atoms with Crippen LogP contribution in [-0.2, 0) is 9.05 Å². The van der Waals surface area contributed by atoms with Crippen LogP contribution >= 0.6 is 10.7 Å². The molecule has 0 aliphatic heterocycles. The molecule has 1 rings (SSSR count). The van der Waals surface area contributed by atoms with E-state index >= 15 is 0 Å². The molecule has 0 unspecified atom stereocenters. The molecular formula is C9H8ClNO2S. The normalized spacial score (nSPS) is 10.9. The van der Waals surface area contributed by atoms with Crippen molar-refractivity contribution in [2.45, 2.75) is 4.90 Å². The summed E-state index contributed by atoms with van der Waals surface area (Å²) in [6.07, 6.45) is 1.50. The molecular weight excluding hydrogens is 222 g/mol. The first-order valence-electron chi connectivity index (χ1n) is 3.67. The van der Waals surface area contributed by atoms with Gasteiger partial charge in [-0.2, -0.15) is 0 Å². The lowest BCUT2D eigenvalue weighted by Crippen LogP contribution is -1.92. The summed E-state index contributed by atoms with van der Waals surface area (Å²) < 4.78 is 22.2. The fourth-order valence-electron chi connectivity index (χ4n) is 1.07. The van der Waals surface area contributed by atoms with Gasteiger partial charge in [0.05, 0.1) is 5.69 Å². The zero-order valence-corrected chi connectivity index (χ0v) is 8.85. The Hall–Kier alpha value is -1.13. The van der Waals surface area contributed by atoms with E-state index in [1.807, 2.05) is 0 Å². The van der Waals surface area contributed by atoms with E-state index in [0.717, 1.165) is 0 Å². The zero-order chi connectivity index (χ0) is 10.8. The summed E-state index contributed by atoms with van der Waals surface area (Å²) in [6, 6.07) is 4.63. The van der Waals surface area contributed by atoms with Crippen molar-refractivity contribution in [1.29, 1.82) is 0 Å². The Balaban J connectivity index is 3.61. The molecule has 5 heteroatoms. The number of hydrogen-bond donors (Lipinski definition) is 0. The van der Waals surface area contributed by atoms with Crippen molar-refractivity contribution in [2.75, 3.05) is 0 Å². The quantitative estimate of drug-likeness (QED) is 0.591. The number of nitrogens with zero attached hydrogens (tertiary/aromatic N) is 1. The SMILES string of the molecule is C=Cc1cccc(S(=O)(=O)Cl)c1N=C. The zero-order valence-electron chi connectivity index (χ0n) is 7.27. The van der Waals surface area contributed by atoms with Crippen molar-refractivity contribution in [1.82, 2.24) is 0 Å². The van der Waals surface area contributed by atoms with Gasteiger partial charge in [0.15, 0.2) is 0 Å². The van der Waals surface area contributed by atoms with Crippen LogP contribution in [0, 0.1) is 0 Å². The second kappa shape index (κ2) is 3.94. The standard InChI is InChI=1S/C9H8ClNO2S/c1-3-7-5-4-6-8(9(7)11-2)14(10,12)13/h3-6H,1-2H2. The summed E-state index contributed by atoms with van der Waals surface area (Å²) in [5.74, 6) is 0. The third-order valence-electron chi connectivity index (χ3n) is 1.67. The Kier molecular flexibility index (Phi) is 3.08. The molecule has 0 N–H and O–H groups in total. The number of rotatable bonds is 3. The predicted octanol–water partition coefficient (Wildman–Crippen LogP) is 2.59. The highest BCUT2D eigenvalue weighted by molar-refractivity contribution is 8.13. The van der Waals surface area contributed by atoms with Gasteiger partial charge in [-0.15, -0.1) is 0 Å². The van der Waals surface area contributed by atoms with Crippen molar-refractivity contribution in [2.24, 2.45) is 4.99 Å². The van der Waals surface area contributed by atoms with Crippen molar-refractivity contribution in [3.63, 3.8) is 0 Å². The Morgan fingerprint density at radius 1 is 1.43 bits per heavy atom. The van der Waals surface area contributed by atoms with E-state index in [1.54, 1.807) is 12.1 Å². The summed E-state index contributed by atoms with van der Waals surface area (Å²) in [5, 5.41) is 0. The monoisotopic (exact) mass is 229 g/mol. The molecule has 0 fully saturated rings. The van der Waals surface area contributed by atoms with E-state index in [1.165, 1.54) is 12.1 Å². The van der Waals surface area contributed by atoms with Gasteiger partial charge in [0.1, 0.15) is 4.90 Å². The number of hydrogen-bond acceptors (Lipinski definition) is 3. The van der Waals surface area contributed by atoms with E-state index in [2.05, 4.69) is 18.3 Å². The Morgan fingerprint density at radius 2 is 2.07 bits per heavy atom. The van der Waals surface area contributed by atoms with E-state index < -0.39 is 9.05 Å². The van der Waals surface area contributed by atoms with Crippen molar-refractivity contribution in [3.8, 4) is 0 Å². The minimum Gasteiger partial charge on any atom is -0.263 e. The predicted molar refractivity (Wildman–Crippen MR) is 58.8 cm³/mol. The lowest BCUT2D eigenvalue weighted by molar-refractivity contribution is 0.610. The number of halogens is 1. The van der Waals surface area contributed by atoms with Crippen molar-refractivity contribution in [3.05, 3.63) is 30.3 Å². The molecule has 1 aromatic rings. The van der Waals surface area contributed by atoms with E-state index in [9.17, 15) is 8.42 Å². The average molecular weight is 230 g/mol. The van der Waals surface area contributed by atoms with Crippen LogP contribution in [0.3, 0.4) is 0 Å². The van der Waals surface area contributed by atoms with Crippen LogP contribution in [0.5, 0.6) is 0 Å². The number of benzene rings is 1. The van der Waals surface area contributed by atoms with Crippen LogP contribution in [0.15, 0.2) is 34.7 Å². The topological polar surface area (TPSA) is 46.5 Å². The highest BCUT2D eigenvalue weighted by atomic mass is 35.7. The Bertz CT molecular complexity index is 480. The maximum atomic E-state index is 11.1. The first-order valence-corrected chi connectivity index (χ1v) is 5.98. The fourth-order valence-corrected chi connectivity index (χ4v) is 2.10. The second-order valence-electron chi connectivity index (χ2n) is 2.49. The summed E-state index contributed by atoms with van der Waals surface area (Å²) in [6.45, 7) is 6.83. The molecule has 0 radical (unpaired) electrons. The molecule has 0 atom stereocenters. The third kappa shape index (κ3) is 2.02. The van der Waals surface area contributed by atoms with Gasteiger partial charge in [0.25, 0.3) is 9.05 Å². The van der Waals surface area contributed by atoms with Gasteiger partial charge in [-0.05, 0) is 12.8 Å². The molecule has 0 spiro atoms. The molecule has 3 nitrogen and oxygen atoms in total. The van der Waals surface area contributed by atoms with Crippen molar-refractivity contribution < 1.29 is 8.42 Å². The molecule has 74 valence electrons. The molecule has 0 aromatic heterocycles. The average Bonchev–Trinajstić information content (AvgIpc) is 2.15. The summed E-state index contributed by atoms with van der Waals surface area (Å²) in [5.41, 5.74) is 0.819. The molecule has 0 aliphatic carbocycles. The molecule has 1 aromatic carbocycles. The van der Waals surface area contributed by atoms with Crippen LogP contribution in [0.4, 0.5) is 5.69 Å². The highest BCUT2D eigenvalue weighted by Crippen LogP contribution is 2.30. The first kappa shape index (κ1) is 10.9. The minimum atomic E-state index is -3.79.